The average molecular weight is 263 g/mol. The van der Waals surface area contributed by atoms with Gasteiger partial charge in [-0.05, 0) is 24.4 Å². The van der Waals surface area contributed by atoms with Crippen molar-refractivity contribution in [2.45, 2.75) is 0 Å². The Bertz CT molecular complexity index is 538. The minimum absolute atomic E-state index is 0.218. The van der Waals surface area contributed by atoms with Gasteiger partial charge >= 0.3 is 0 Å². The number of hydrogen-bond acceptors (Lipinski definition) is 1. The highest BCUT2D eigenvalue weighted by molar-refractivity contribution is 7.71. The van der Waals surface area contributed by atoms with Crippen molar-refractivity contribution in [3.8, 4) is 5.69 Å². The number of hydrogen-bond donors (Lipinski definition) is 1. The summed E-state index contributed by atoms with van der Waals surface area (Å²) in [6.07, 6.45) is 3.33. The molecule has 0 atom stereocenters. The molecule has 0 radical (unpaired) electrons. The van der Waals surface area contributed by atoms with Gasteiger partial charge < -0.3 is 4.98 Å². The zero-order valence-electron chi connectivity index (χ0n) is 7.30. The summed E-state index contributed by atoms with van der Waals surface area (Å²) in [5.41, 5.74) is 0.478. The molecule has 1 aromatic carbocycles. The van der Waals surface area contributed by atoms with Crippen LogP contribution in [0.5, 0.6) is 0 Å². The van der Waals surface area contributed by atoms with Crippen molar-refractivity contribution in [1.82, 2.24) is 9.55 Å². The molecule has 0 amide bonds. The Morgan fingerprint density at radius 3 is 2.33 bits per heavy atom. The summed E-state index contributed by atoms with van der Waals surface area (Å²) in [6, 6.07) is 2.38. The maximum absolute atomic E-state index is 12.9. The first-order valence-corrected chi connectivity index (χ1v) is 5.17. The van der Waals surface area contributed by atoms with Gasteiger partial charge in [0.2, 0.25) is 0 Å². The molecule has 0 aliphatic carbocycles. The summed E-state index contributed by atoms with van der Waals surface area (Å²) in [7, 11) is 0. The number of nitrogens with zero attached hydrogens (tertiary/aromatic N) is 1. The molecule has 2 rings (SSSR count). The first-order valence-electron chi connectivity index (χ1n) is 4.00. The second-order valence-corrected chi connectivity index (χ2v) is 4.05. The third kappa shape index (κ3) is 1.93. The SMILES string of the molecule is Fc1cc(Cl)c(-n2cc[nH]c2=S)c(Cl)c1. The third-order valence-corrected chi connectivity index (χ3v) is 2.76. The highest BCUT2D eigenvalue weighted by Crippen LogP contribution is 2.29. The van der Waals surface area contributed by atoms with E-state index < -0.39 is 5.82 Å². The second-order valence-electron chi connectivity index (χ2n) is 2.85. The van der Waals surface area contributed by atoms with Gasteiger partial charge in [0.25, 0.3) is 0 Å². The molecule has 0 spiro atoms. The molecule has 1 heterocycles. The third-order valence-electron chi connectivity index (χ3n) is 1.87. The van der Waals surface area contributed by atoms with Crippen molar-refractivity contribution in [2.75, 3.05) is 0 Å². The molecule has 6 heteroatoms. The number of rotatable bonds is 1. The summed E-state index contributed by atoms with van der Waals surface area (Å²) in [6.45, 7) is 0. The van der Waals surface area contributed by atoms with Gasteiger partial charge in [-0.3, -0.25) is 4.57 Å². The fraction of sp³-hybridized carbons (Fsp3) is 0. The summed E-state index contributed by atoms with van der Waals surface area (Å²) < 4.78 is 15.0. The minimum atomic E-state index is -0.476. The van der Waals surface area contributed by atoms with Crippen molar-refractivity contribution in [3.63, 3.8) is 0 Å². The van der Waals surface area contributed by atoms with E-state index in [1.807, 2.05) is 0 Å². The van der Waals surface area contributed by atoms with Gasteiger partial charge in [0.15, 0.2) is 4.77 Å². The molecule has 0 saturated heterocycles. The lowest BCUT2D eigenvalue weighted by atomic mass is 10.3. The Morgan fingerprint density at radius 2 is 1.87 bits per heavy atom. The number of halogens is 3. The molecule has 0 aliphatic rings. The van der Waals surface area contributed by atoms with Crippen molar-refractivity contribution < 1.29 is 4.39 Å². The van der Waals surface area contributed by atoms with Crippen LogP contribution in [0.3, 0.4) is 0 Å². The molecule has 0 fully saturated rings. The first-order chi connectivity index (χ1) is 7.09. The van der Waals surface area contributed by atoms with Crippen LogP contribution in [0.2, 0.25) is 10.0 Å². The maximum atomic E-state index is 12.9. The van der Waals surface area contributed by atoms with Crippen LogP contribution in [0, 0.1) is 10.6 Å². The van der Waals surface area contributed by atoms with Gasteiger partial charge in [0.05, 0.1) is 15.7 Å². The van der Waals surface area contributed by atoms with E-state index in [0.717, 1.165) is 0 Å². The van der Waals surface area contributed by atoms with Crippen LogP contribution in [0.25, 0.3) is 5.69 Å². The standard InChI is InChI=1S/C9H5Cl2FN2S/c10-6-3-5(12)4-7(11)8(6)14-2-1-13-9(14)15/h1-4H,(H,13,15). The van der Waals surface area contributed by atoms with Gasteiger partial charge in [-0.2, -0.15) is 0 Å². The topological polar surface area (TPSA) is 20.7 Å². The molecule has 0 bridgehead atoms. The number of aromatic amines is 1. The Kier molecular flexibility index (Phi) is 2.82. The number of imidazole rings is 1. The Morgan fingerprint density at radius 1 is 1.27 bits per heavy atom. The summed E-state index contributed by atoms with van der Waals surface area (Å²) in [5.74, 6) is -0.476. The molecular weight excluding hydrogens is 258 g/mol. The highest BCUT2D eigenvalue weighted by Gasteiger charge is 2.10. The zero-order valence-corrected chi connectivity index (χ0v) is 9.63. The van der Waals surface area contributed by atoms with Crippen LogP contribution in [-0.4, -0.2) is 9.55 Å². The van der Waals surface area contributed by atoms with Gasteiger partial charge in [-0.1, -0.05) is 23.2 Å². The first kappa shape index (κ1) is 10.7. The van der Waals surface area contributed by atoms with E-state index in [2.05, 4.69) is 4.98 Å². The summed E-state index contributed by atoms with van der Waals surface area (Å²) >= 11 is 16.8. The predicted molar refractivity (Wildman–Crippen MR) is 60.9 cm³/mol. The minimum Gasteiger partial charge on any atom is -0.337 e. The fourth-order valence-corrected chi connectivity index (χ4v) is 2.12. The molecule has 0 unspecified atom stereocenters. The predicted octanol–water partition coefficient (Wildman–Crippen LogP) is 3.98. The summed E-state index contributed by atoms with van der Waals surface area (Å²) in [5, 5.41) is 0.436. The van der Waals surface area contributed by atoms with Crippen LogP contribution in [-0.2, 0) is 0 Å². The Labute approximate surface area is 100 Å². The van der Waals surface area contributed by atoms with Crippen molar-refractivity contribution in [2.24, 2.45) is 0 Å². The lowest BCUT2D eigenvalue weighted by Crippen LogP contribution is -1.95. The van der Waals surface area contributed by atoms with E-state index in [-0.39, 0.29) is 10.0 Å². The maximum Gasteiger partial charge on any atom is 0.181 e. The normalized spacial score (nSPS) is 10.6. The van der Waals surface area contributed by atoms with Crippen molar-refractivity contribution in [1.29, 1.82) is 0 Å². The summed E-state index contributed by atoms with van der Waals surface area (Å²) in [4.78, 5) is 2.80. The van der Waals surface area contributed by atoms with Gasteiger partial charge in [-0.15, -0.1) is 0 Å². The zero-order chi connectivity index (χ0) is 11.0. The van der Waals surface area contributed by atoms with Crippen LogP contribution in [0.15, 0.2) is 24.5 Å². The molecule has 2 aromatic rings. The molecule has 0 saturated carbocycles. The molecular formula is C9H5Cl2FN2S. The van der Waals surface area contributed by atoms with E-state index in [9.17, 15) is 4.39 Å². The van der Waals surface area contributed by atoms with Crippen LogP contribution in [0.4, 0.5) is 4.39 Å². The number of H-pyrrole nitrogens is 1. The van der Waals surface area contributed by atoms with Crippen molar-refractivity contribution >= 4 is 35.4 Å². The van der Waals surface area contributed by atoms with E-state index in [1.165, 1.54) is 12.1 Å². The fourth-order valence-electron chi connectivity index (χ4n) is 1.26. The van der Waals surface area contributed by atoms with Crippen LogP contribution in [0.1, 0.15) is 0 Å². The Balaban J connectivity index is 2.74. The largest absolute Gasteiger partial charge is 0.337 e. The number of benzene rings is 1. The lowest BCUT2D eigenvalue weighted by Gasteiger charge is -2.07. The van der Waals surface area contributed by atoms with Crippen LogP contribution < -0.4 is 0 Å². The average Bonchev–Trinajstić information content (AvgIpc) is 2.50. The molecule has 2 nitrogen and oxygen atoms in total. The molecule has 78 valence electrons. The van der Waals surface area contributed by atoms with Gasteiger partial charge in [-0.25, -0.2) is 4.39 Å². The Hall–Kier alpha value is -0.840. The molecule has 1 N–H and O–H groups in total. The van der Waals surface area contributed by atoms with E-state index >= 15 is 0 Å². The van der Waals surface area contributed by atoms with Crippen molar-refractivity contribution in [3.05, 3.63) is 45.2 Å². The highest BCUT2D eigenvalue weighted by atomic mass is 35.5. The molecule has 0 aliphatic heterocycles. The van der Waals surface area contributed by atoms with Gasteiger partial charge in [0.1, 0.15) is 5.82 Å². The lowest BCUT2D eigenvalue weighted by molar-refractivity contribution is 0.627. The number of nitrogens with one attached hydrogen (secondary N) is 1. The van der Waals surface area contributed by atoms with E-state index in [1.54, 1.807) is 17.0 Å². The monoisotopic (exact) mass is 262 g/mol. The van der Waals surface area contributed by atoms with E-state index in [4.69, 9.17) is 35.4 Å². The number of aromatic nitrogens is 2. The van der Waals surface area contributed by atoms with Gasteiger partial charge in [0, 0.05) is 12.4 Å². The quantitative estimate of drug-likeness (QED) is 0.772. The second kappa shape index (κ2) is 3.96. The molecule has 1 aromatic heterocycles. The smallest absolute Gasteiger partial charge is 0.181 e. The van der Waals surface area contributed by atoms with E-state index in [0.29, 0.717) is 10.5 Å². The molecule has 15 heavy (non-hydrogen) atoms. The van der Waals surface area contributed by atoms with Crippen LogP contribution >= 0.6 is 35.4 Å².